The summed E-state index contributed by atoms with van der Waals surface area (Å²) in [6.07, 6.45) is 4.69. The largest absolute Gasteiger partial charge is 0.493 e. The van der Waals surface area contributed by atoms with Crippen molar-refractivity contribution >= 4 is 21.9 Å². The summed E-state index contributed by atoms with van der Waals surface area (Å²) in [5.74, 6) is 0.191. The Morgan fingerprint density at radius 1 is 0.969 bits per heavy atom. The summed E-state index contributed by atoms with van der Waals surface area (Å²) in [5, 5.41) is 8.70. The number of carbonyl (C=O) groups is 2. The van der Waals surface area contributed by atoms with Crippen LogP contribution < -0.4 is 9.47 Å². The van der Waals surface area contributed by atoms with Crippen LogP contribution in [0, 0.1) is 0 Å². The van der Waals surface area contributed by atoms with Crippen molar-refractivity contribution < 1.29 is 41.5 Å². The van der Waals surface area contributed by atoms with Crippen molar-refractivity contribution in [2.45, 2.75) is 52.4 Å². The number of carboxylic acid groups (broad SMARTS) is 1. The van der Waals surface area contributed by atoms with E-state index >= 15 is 0 Å². The molecule has 0 spiro atoms. The number of rotatable bonds is 18. The molecule has 0 unspecified atom stereocenters. The van der Waals surface area contributed by atoms with Gasteiger partial charge < -0.3 is 19.3 Å². The molecule has 0 aliphatic carbocycles. The number of aliphatic carboxylic acids is 1. The van der Waals surface area contributed by atoms with Crippen molar-refractivity contribution in [1.82, 2.24) is 0 Å². The van der Waals surface area contributed by atoms with Gasteiger partial charge in [-0.25, -0.2) is 0 Å². The van der Waals surface area contributed by atoms with Crippen LogP contribution in [-0.2, 0) is 30.3 Å². The van der Waals surface area contributed by atoms with Gasteiger partial charge >= 0.3 is 5.97 Å². The van der Waals surface area contributed by atoms with Crippen LogP contribution in [0.2, 0.25) is 0 Å². The number of ketones is 1. The minimum atomic E-state index is -3.50. The zero-order valence-electron chi connectivity index (χ0n) is 19.1. The van der Waals surface area contributed by atoms with Gasteiger partial charge in [0.2, 0.25) is 0 Å². The molecular formula is C22H34O9S. The lowest BCUT2D eigenvalue weighted by atomic mass is 10.0. The first kappa shape index (κ1) is 27.9. The Hall–Kier alpha value is -2.17. The normalized spacial score (nSPS) is 11.3. The first-order valence-corrected chi connectivity index (χ1v) is 12.5. The highest BCUT2D eigenvalue weighted by molar-refractivity contribution is 7.85. The minimum Gasteiger partial charge on any atom is -0.493 e. The SMILES string of the molecule is CCCc1c(OCCCCCC(=O)O)ccc(C(C)=O)c1OCCOCCOS(C)(=O)=O. The number of hydrogen-bond donors (Lipinski definition) is 1. The quantitative estimate of drug-likeness (QED) is 0.194. The van der Waals surface area contributed by atoms with Crippen molar-refractivity contribution in [2.75, 3.05) is 39.3 Å². The molecule has 0 aliphatic heterocycles. The fraction of sp³-hybridized carbons (Fsp3) is 0.636. The van der Waals surface area contributed by atoms with Gasteiger partial charge in [0.25, 0.3) is 10.1 Å². The number of carbonyl (C=O) groups excluding carboxylic acids is 1. The highest BCUT2D eigenvalue weighted by Gasteiger charge is 2.18. The Morgan fingerprint density at radius 2 is 1.69 bits per heavy atom. The summed E-state index contributed by atoms with van der Waals surface area (Å²) >= 11 is 0. The van der Waals surface area contributed by atoms with E-state index in [1.54, 1.807) is 12.1 Å². The maximum absolute atomic E-state index is 12.1. The van der Waals surface area contributed by atoms with Crippen molar-refractivity contribution in [2.24, 2.45) is 0 Å². The summed E-state index contributed by atoms with van der Waals surface area (Å²) < 4.78 is 43.6. The number of unbranched alkanes of at least 4 members (excludes halogenated alkanes) is 2. The average Bonchev–Trinajstić information content (AvgIpc) is 2.70. The molecule has 0 atom stereocenters. The molecule has 0 radical (unpaired) electrons. The van der Waals surface area contributed by atoms with Crippen molar-refractivity contribution in [3.05, 3.63) is 23.3 Å². The van der Waals surface area contributed by atoms with Crippen LogP contribution >= 0.6 is 0 Å². The molecule has 10 heteroatoms. The molecule has 0 heterocycles. The first-order chi connectivity index (χ1) is 15.2. The van der Waals surface area contributed by atoms with E-state index in [9.17, 15) is 18.0 Å². The molecule has 1 aromatic carbocycles. The zero-order chi connectivity index (χ0) is 24.0. The van der Waals surface area contributed by atoms with Gasteiger partial charge in [-0.05, 0) is 44.7 Å². The highest BCUT2D eigenvalue weighted by atomic mass is 32.2. The van der Waals surface area contributed by atoms with Gasteiger partial charge in [0.15, 0.2) is 5.78 Å². The number of benzene rings is 1. The van der Waals surface area contributed by atoms with E-state index in [1.165, 1.54) is 6.92 Å². The van der Waals surface area contributed by atoms with Gasteiger partial charge in [0.1, 0.15) is 18.1 Å². The van der Waals surface area contributed by atoms with Gasteiger partial charge in [0.05, 0.1) is 38.2 Å². The molecule has 1 aromatic rings. The smallest absolute Gasteiger partial charge is 0.303 e. The molecule has 0 saturated carbocycles. The molecule has 9 nitrogen and oxygen atoms in total. The van der Waals surface area contributed by atoms with Crippen molar-refractivity contribution in [3.8, 4) is 11.5 Å². The minimum absolute atomic E-state index is 0.0750. The lowest BCUT2D eigenvalue weighted by Gasteiger charge is -2.19. The van der Waals surface area contributed by atoms with E-state index in [2.05, 4.69) is 4.18 Å². The second-order valence-electron chi connectivity index (χ2n) is 7.26. The lowest BCUT2D eigenvalue weighted by Crippen LogP contribution is -2.15. The Morgan fingerprint density at radius 3 is 2.31 bits per heavy atom. The third-order valence-corrected chi connectivity index (χ3v) is 4.98. The second-order valence-corrected chi connectivity index (χ2v) is 8.91. The van der Waals surface area contributed by atoms with E-state index in [1.807, 2.05) is 6.92 Å². The fourth-order valence-electron chi connectivity index (χ4n) is 2.96. The van der Waals surface area contributed by atoms with E-state index in [-0.39, 0.29) is 38.6 Å². The Bertz CT molecular complexity index is 834. The summed E-state index contributed by atoms with van der Waals surface area (Å²) in [4.78, 5) is 22.7. The molecule has 1 N–H and O–H groups in total. The molecule has 0 fully saturated rings. The summed E-state index contributed by atoms with van der Waals surface area (Å²) in [7, 11) is -3.50. The van der Waals surface area contributed by atoms with Crippen molar-refractivity contribution in [3.63, 3.8) is 0 Å². The number of hydrogen-bond acceptors (Lipinski definition) is 8. The highest BCUT2D eigenvalue weighted by Crippen LogP contribution is 2.34. The third kappa shape index (κ3) is 11.4. The van der Waals surface area contributed by atoms with Gasteiger partial charge in [-0.15, -0.1) is 0 Å². The summed E-state index contributed by atoms with van der Waals surface area (Å²) in [6, 6.07) is 3.45. The van der Waals surface area contributed by atoms with Gasteiger partial charge in [-0.2, -0.15) is 8.42 Å². The van der Waals surface area contributed by atoms with Crippen LogP contribution in [0.3, 0.4) is 0 Å². The molecule has 0 amide bonds. The van der Waals surface area contributed by atoms with Crippen LogP contribution in [0.4, 0.5) is 0 Å². The molecule has 32 heavy (non-hydrogen) atoms. The maximum Gasteiger partial charge on any atom is 0.303 e. The Kier molecular flexibility index (Phi) is 12.9. The van der Waals surface area contributed by atoms with Gasteiger partial charge in [0, 0.05) is 12.0 Å². The molecule has 1 rings (SSSR count). The van der Waals surface area contributed by atoms with Gasteiger partial charge in [-0.3, -0.25) is 13.8 Å². The molecule has 182 valence electrons. The average molecular weight is 475 g/mol. The van der Waals surface area contributed by atoms with Crippen LogP contribution in [-0.4, -0.2) is 64.6 Å². The fourth-order valence-corrected chi connectivity index (χ4v) is 3.33. The van der Waals surface area contributed by atoms with E-state index in [0.717, 1.165) is 31.1 Å². The Labute approximate surface area is 190 Å². The monoisotopic (exact) mass is 474 g/mol. The van der Waals surface area contributed by atoms with Crippen LogP contribution in [0.1, 0.15) is 61.9 Å². The predicted molar refractivity (Wildman–Crippen MR) is 119 cm³/mol. The van der Waals surface area contributed by atoms with Crippen molar-refractivity contribution in [1.29, 1.82) is 0 Å². The standard InChI is InChI=1S/C22H34O9S/c1-4-8-19-20(29-12-7-5-6-9-21(24)25)11-10-18(17(2)23)22(19)30-15-13-28-14-16-31-32(3,26)27/h10-11H,4-9,12-16H2,1-3H3,(H,24,25). The maximum atomic E-state index is 12.1. The van der Waals surface area contributed by atoms with Crippen LogP contribution in [0.25, 0.3) is 0 Å². The third-order valence-electron chi connectivity index (χ3n) is 4.39. The first-order valence-electron chi connectivity index (χ1n) is 10.7. The van der Waals surface area contributed by atoms with Crippen LogP contribution in [0.15, 0.2) is 12.1 Å². The Balaban J connectivity index is 2.71. The molecule has 0 bridgehead atoms. The number of Topliss-reactive ketones (excluding diaryl/α,β-unsaturated/α-hetero) is 1. The molecule has 0 saturated heterocycles. The summed E-state index contributed by atoms with van der Waals surface area (Å²) in [5.41, 5.74) is 1.27. The molecular weight excluding hydrogens is 440 g/mol. The number of carboxylic acids is 1. The van der Waals surface area contributed by atoms with Gasteiger partial charge in [-0.1, -0.05) is 13.3 Å². The second kappa shape index (κ2) is 14.8. The van der Waals surface area contributed by atoms with E-state index in [0.29, 0.717) is 36.5 Å². The summed E-state index contributed by atoms with van der Waals surface area (Å²) in [6.45, 7) is 4.33. The predicted octanol–water partition coefficient (Wildman–Crippen LogP) is 3.24. The number of ether oxygens (including phenoxy) is 3. The van der Waals surface area contributed by atoms with Crippen LogP contribution in [0.5, 0.6) is 11.5 Å². The topological polar surface area (TPSA) is 125 Å². The zero-order valence-corrected chi connectivity index (χ0v) is 19.9. The lowest BCUT2D eigenvalue weighted by molar-refractivity contribution is -0.137. The molecule has 0 aromatic heterocycles. The van der Waals surface area contributed by atoms with E-state index in [4.69, 9.17) is 19.3 Å². The van der Waals surface area contributed by atoms with E-state index < -0.39 is 16.1 Å². The molecule has 0 aliphatic rings.